The Morgan fingerprint density at radius 2 is 1.00 bits per heavy atom. The SMILES string of the molecule is O=C(COC(=O)CCSc1ccccc1)NCCNC(=O)COC(=O)CCSc1ccccc1. The molecule has 0 unspecified atom stereocenters. The number of ether oxygens (including phenoxy) is 2. The van der Waals surface area contributed by atoms with E-state index < -0.39 is 23.8 Å². The molecule has 0 fully saturated rings. The van der Waals surface area contributed by atoms with Gasteiger partial charge in [0.05, 0.1) is 12.8 Å². The Hall–Kier alpha value is -2.98. The number of esters is 2. The maximum atomic E-state index is 11.7. The van der Waals surface area contributed by atoms with Crippen molar-refractivity contribution in [3.63, 3.8) is 0 Å². The van der Waals surface area contributed by atoms with Gasteiger partial charge in [-0.1, -0.05) is 36.4 Å². The molecule has 0 aromatic heterocycles. The van der Waals surface area contributed by atoms with Crippen molar-refractivity contribution in [2.24, 2.45) is 0 Å². The summed E-state index contributed by atoms with van der Waals surface area (Å²) in [6.45, 7) is -0.427. The summed E-state index contributed by atoms with van der Waals surface area (Å²) < 4.78 is 9.87. The third-order valence-electron chi connectivity index (χ3n) is 4.13. The minimum Gasteiger partial charge on any atom is -0.456 e. The molecule has 34 heavy (non-hydrogen) atoms. The minimum atomic E-state index is -0.458. The lowest BCUT2D eigenvalue weighted by Crippen LogP contribution is -2.38. The first-order chi connectivity index (χ1) is 16.5. The quantitative estimate of drug-likeness (QED) is 0.216. The van der Waals surface area contributed by atoms with Crippen LogP contribution in [0.2, 0.25) is 0 Å². The summed E-state index contributed by atoms with van der Waals surface area (Å²) >= 11 is 3.07. The number of amides is 2. The second-order valence-electron chi connectivity index (χ2n) is 6.84. The fourth-order valence-electron chi connectivity index (χ4n) is 2.48. The number of carbonyl (C=O) groups excluding carboxylic acids is 4. The van der Waals surface area contributed by atoms with Crippen LogP contribution in [0.25, 0.3) is 0 Å². The summed E-state index contributed by atoms with van der Waals surface area (Å²) in [4.78, 5) is 49.0. The molecule has 2 aromatic rings. The topological polar surface area (TPSA) is 111 Å². The minimum absolute atomic E-state index is 0.160. The van der Waals surface area contributed by atoms with E-state index in [1.807, 2.05) is 60.7 Å². The average Bonchev–Trinajstić information content (AvgIpc) is 2.85. The van der Waals surface area contributed by atoms with Crippen molar-refractivity contribution in [3.8, 4) is 0 Å². The van der Waals surface area contributed by atoms with Crippen molar-refractivity contribution in [2.45, 2.75) is 22.6 Å². The van der Waals surface area contributed by atoms with Gasteiger partial charge in [0.15, 0.2) is 13.2 Å². The molecule has 0 saturated heterocycles. The van der Waals surface area contributed by atoms with Crippen LogP contribution in [0.4, 0.5) is 0 Å². The highest BCUT2D eigenvalue weighted by Crippen LogP contribution is 2.18. The van der Waals surface area contributed by atoms with Crippen molar-refractivity contribution in [3.05, 3.63) is 60.7 Å². The highest BCUT2D eigenvalue weighted by Gasteiger charge is 2.09. The second kappa shape index (κ2) is 16.6. The fraction of sp³-hybridized carbons (Fsp3) is 0.333. The first-order valence-corrected chi connectivity index (χ1v) is 12.7. The summed E-state index contributed by atoms with van der Waals surface area (Å²) in [6.07, 6.45) is 0.402. The largest absolute Gasteiger partial charge is 0.456 e. The van der Waals surface area contributed by atoms with Crippen LogP contribution in [-0.4, -0.2) is 61.6 Å². The molecule has 2 N–H and O–H groups in total. The van der Waals surface area contributed by atoms with Gasteiger partial charge in [0.25, 0.3) is 11.8 Å². The molecule has 0 spiro atoms. The van der Waals surface area contributed by atoms with E-state index in [0.29, 0.717) is 11.5 Å². The van der Waals surface area contributed by atoms with Gasteiger partial charge in [-0.3, -0.25) is 19.2 Å². The predicted molar refractivity (Wildman–Crippen MR) is 132 cm³/mol. The number of hydrogen-bond acceptors (Lipinski definition) is 8. The van der Waals surface area contributed by atoms with Crippen molar-refractivity contribution in [1.29, 1.82) is 0 Å². The van der Waals surface area contributed by atoms with Gasteiger partial charge in [-0.2, -0.15) is 0 Å². The Bertz CT molecular complexity index is 837. The predicted octanol–water partition coefficient (Wildman–Crippen LogP) is 2.67. The normalized spacial score (nSPS) is 10.2. The van der Waals surface area contributed by atoms with Crippen LogP contribution in [0.1, 0.15) is 12.8 Å². The molecule has 2 rings (SSSR count). The Morgan fingerprint density at radius 1 is 0.618 bits per heavy atom. The van der Waals surface area contributed by atoms with Gasteiger partial charge in [-0.25, -0.2) is 0 Å². The zero-order valence-corrected chi connectivity index (χ0v) is 20.3. The van der Waals surface area contributed by atoms with Gasteiger partial charge in [-0.15, -0.1) is 23.5 Å². The van der Waals surface area contributed by atoms with E-state index in [2.05, 4.69) is 10.6 Å². The monoisotopic (exact) mass is 504 g/mol. The highest BCUT2D eigenvalue weighted by molar-refractivity contribution is 7.99. The molecule has 182 valence electrons. The smallest absolute Gasteiger partial charge is 0.307 e. The number of hydrogen-bond donors (Lipinski definition) is 2. The van der Waals surface area contributed by atoms with E-state index in [0.717, 1.165) is 9.79 Å². The third-order valence-corrected chi connectivity index (χ3v) is 6.16. The van der Waals surface area contributed by atoms with Crippen LogP contribution in [0.3, 0.4) is 0 Å². The Morgan fingerprint density at radius 3 is 1.38 bits per heavy atom. The van der Waals surface area contributed by atoms with Crippen molar-refractivity contribution in [1.82, 2.24) is 10.6 Å². The van der Waals surface area contributed by atoms with Gasteiger partial charge in [0, 0.05) is 34.4 Å². The number of nitrogens with one attached hydrogen (secondary N) is 2. The molecule has 2 amide bonds. The maximum Gasteiger partial charge on any atom is 0.307 e. The van der Waals surface area contributed by atoms with Crippen molar-refractivity contribution >= 4 is 47.3 Å². The summed E-state index contributed by atoms with van der Waals surface area (Å²) in [5, 5.41) is 5.07. The van der Waals surface area contributed by atoms with E-state index in [9.17, 15) is 19.2 Å². The second-order valence-corrected chi connectivity index (χ2v) is 9.18. The standard InChI is InChI=1S/C24H28N2O6S2/c27-21(17-31-23(29)11-15-33-19-7-3-1-4-8-19)25-13-14-26-22(28)18-32-24(30)12-16-34-20-9-5-2-6-10-20/h1-10H,11-18H2,(H,25,27)(H,26,28). The lowest BCUT2D eigenvalue weighted by Gasteiger charge is -2.08. The molecule has 0 aliphatic carbocycles. The molecule has 0 radical (unpaired) electrons. The molecule has 0 atom stereocenters. The lowest BCUT2D eigenvalue weighted by molar-refractivity contribution is -0.148. The maximum absolute atomic E-state index is 11.7. The first-order valence-electron chi connectivity index (χ1n) is 10.7. The molecule has 10 heteroatoms. The molecule has 0 saturated carbocycles. The first kappa shape index (κ1) is 27.3. The lowest BCUT2D eigenvalue weighted by atomic mass is 10.4. The van der Waals surface area contributed by atoms with Crippen LogP contribution in [-0.2, 0) is 28.7 Å². The van der Waals surface area contributed by atoms with Crippen LogP contribution in [0.15, 0.2) is 70.5 Å². The van der Waals surface area contributed by atoms with Crippen molar-refractivity contribution < 1.29 is 28.7 Å². The molecule has 0 aliphatic heterocycles. The van der Waals surface area contributed by atoms with Crippen LogP contribution < -0.4 is 10.6 Å². The van der Waals surface area contributed by atoms with Crippen LogP contribution in [0.5, 0.6) is 0 Å². The number of thioether (sulfide) groups is 2. The van der Waals surface area contributed by atoms with E-state index in [-0.39, 0.29) is 39.1 Å². The molecule has 0 bridgehead atoms. The highest BCUT2D eigenvalue weighted by atomic mass is 32.2. The third kappa shape index (κ3) is 12.9. The van der Waals surface area contributed by atoms with Gasteiger partial charge >= 0.3 is 11.9 Å². The van der Waals surface area contributed by atoms with Crippen LogP contribution in [0, 0.1) is 0 Å². The summed E-state index contributed by atoms with van der Waals surface area (Å²) in [5.41, 5.74) is 0. The van der Waals surface area contributed by atoms with E-state index >= 15 is 0 Å². The number of benzene rings is 2. The summed E-state index contributed by atoms with van der Waals surface area (Å²) in [7, 11) is 0. The molecular formula is C24H28N2O6S2. The molecule has 0 aliphatic rings. The number of carbonyl (C=O) groups is 4. The average molecular weight is 505 g/mol. The van der Waals surface area contributed by atoms with E-state index in [1.54, 1.807) is 0 Å². The van der Waals surface area contributed by atoms with Gasteiger partial charge < -0.3 is 20.1 Å². The summed E-state index contributed by atoms with van der Waals surface area (Å²) in [6, 6.07) is 19.4. The fourth-order valence-corrected chi connectivity index (χ4v) is 4.19. The van der Waals surface area contributed by atoms with Gasteiger partial charge in [0.2, 0.25) is 0 Å². The van der Waals surface area contributed by atoms with Gasteiger partial charge in [-0.05, 0) is 24.3 Å². The van der Waals surface area contributed by atoms with Gasteiger partial charge in [0.1, 0.15) is 0 Å². The molecule has 0 heterocycles. The summed E-state index contributed by atoms with van der Waals surface area (Å²) in [5.74, 6) is -0.687. The van der Waals surface area contributed by atoms with E-state index in [1.165, 1.54) is 23.5 Å². The molecule has 2 aromatic carbocycles. The van der Waals surface area contributed by atoms with E-state index in [4.69, 9.17) is 9.47 Å². The Kier molecular flexibility index (Phi) is 13.3. The van der Waals surface area contributed by atoms with Crippen LogP contribution >= 0.6 is 23.5 Å². The molecular weight excluding hydrogens is 476 g/mol. The Balaban J connectivity index is 1.43. The molecule has 8 nitrogen and oxygen atoms in total. The van der Waals surface area contributed by atoms with Crippen molar-refractivity contribution in [2.75, 3.05) is 37.8 Å². The zero-order valence-electron chi connectivity index (χ0n) is 18.7. The Labute approximate surface area is 207 Å². The number of rotatable bonds is 15. The zero-order chi connectivity index (χ0) is 24.4.